The van der Waals surface area contributed by atoms with E-state index in [1.165, 1.54) is 18.2 Å². The number of halogens is 3. The third-order valence-corrected chi connectivity index (χ3v) is 11.3. The van der Waals surface area contributed by atoms with Gasteiger partial charge < -0.3 is 10.0 Å². The van der Waals surface area contributed by atoms with Crippen LogP contribution in [0.15, 0.2) is 47.4 Å². The highest BCUT2D eigenvalue weighted by Gasteiger charge is 2.61. The molecule has 1 N–H and O–H groups in total. The summed E-state index contributed by atoms with van der Waals surface area (Å²) < 4.78 is 67.7. The fourth-order valence-electron chi connectivity index (χ4n) is 6.72. The molecule has 0 bridgehead atoms. The average Bonchev–Trinajstić information content (AvgIpc) is 3.29. The molecule has 6 nitrogen and oxygen atoms in total. The van der Waals surface area contributed by atoms with Crippen LogP contribution in [0, 0.1) is 18.8 Å². The van der Waals surface area contributed by atoms with Crippen molar-refractivity contribution in [2.45, 2.75) is 73.7 Å². The van der Waals surface area contributed by atoms with Crippen molar-refractivity contribution in [3.63, 3.8) is 0 Å². The summed E-state index contributed by atoms with van der Waals surface area (Å²) >= 11 is 0. The van der Waals surface area contributed by atoms with Crippen molar-refractivity contribution in [2.24, 2.45) is 11.8 Å². The van der Waals surface area contributed by atoms with Crippen molar-refractivity contribution in [2.75, 3.05) is 6.54 Å². The number of carboxylic acids is 1. The minimum atomic E-state index is -4.55. The van der Waals surface area contributed by atoms with Gasteiger partial charge in [-0.05, 0) is 87.3 Å². The van der Waals surface area contributed by atoms with Crippen LogP contribution >= 0.6 is 0 Å². The Hall–Kier alpha value is -2.88. The second kappa shape index (κ2) is 9.39. The quantitative estimate of drug-likeness (QED) is 0.572. The van der Waals surface area contributed by atoms with Gasteiger partial charge in [0.2, 0.25) is 5.91 Å². The van der Waals surface area contributed by atoms with E-state index in [1.54, 1.807) is 17.0 Å². The highest BCUT2D eigenvalue weighted by Crippen LogP contribution is 2.54. The van der Waals surface area contributed by atoms with Crippen LogP contribution in [-0.2, 0) is 36.8 Å². The standard InChI is InChI=1S/C28H30F3NO5S/c1-17-2-10-22(11-3-17)38(36,37)27-14-15-32(25(33)18-4-6-19(7-5-18)26(34)35)24(27)13-8-20-16-21(28(29,30)31)9-12-23(20)27/h2-3,9-12,16,18-19,24H,4-8,13-15H2,1H3,(H,34,35). The number of sulfone groups is 1. The van der Waals surface area contributed by atoms with E-state index in [9.17, 15) is 36.3 Å². The molecule has 2 aliphatic carbocycles. The minimum absolute atomic E-state index is 0.0807. The Morgan fingerprint density at radius 1 is 0.974 bits per heavy atom. The van der Waals surface area contributed by atoms with Gasteiger partial charge in [0.05, 0.1) is 22.4 Å². The summed E-state index contributed by atoms with van der Waals surface area (Å²) in [6.07, 6.45) is -2.39. The van der Waals surface area contributed by atoms with Gasteiger partial charge in [-0.1, -0.05) is 23.8 Å². The first-order valence-corrected chi connectivity index (χ1v) is 14.4. The van der Waals surface area contributed by atoms with Crippen molar-refractivity contribution in [3.05, 3.63) is 64.7 Å². The Balaban J connectivity index is 1.57. The van der Waals surface area contributed by atoms with Crippen LogP contribution in [0.2, 0.25) is 0 Å². The molecule has 2 aromatic rings. The van der Waals surface area contributed by atoms with Gasteiger partial charge >= 0.3 is 12.1 Å². The van der Waals surface area contributed by atoms with Crippen LogP contribution in [0.4, 0.5) is 13.2 Å². The molecule has 1 aliphatic heterocycles. The molecule has 0 aromatic heterocycles. The van der Waals surface area contributed by atoms with Crippen molar-refractivity contribution < 1.29 is 36.3 Å². The van der Waals surface area contributed by atoms with Gasteiger partial charge in [0.15, 0.2) is 9.84 Å². The lowest BCUT2D eigenvalue weighted by Gasteiger charge is -2.43. The van der Waals surface area contributed by atoms with E-state index in [0.717, 1.165) is 17.7 Å². The molecular weight excluding hydrogens is 519 g/mol. The second-order valence-electron chi connectivity index (χ2n) is 10.8. The fourth-order valence-corrected chi connectivity index (χ4v) is 9.08. The van der Waals surface area contributed by atoms with Crippen LogP contribution in [0.25, 0.3) is 0 Å². The molecule has 5 rings (SSSR count). The molecule has 2 aromatic carbocycles. The van der Waals surface area contributed by atoms with Gasteiger partial charge in [-0.15, -0.1) is 0 Å². The van der Waals surface area contributed by atoms with Crippen LogP contribution in [0.5, 0.6) is 0 Å². The predicted molar refractivity (Wildman–Crippen MR) is 133 cm³/mol. The lowest BCUT2D eigenvalue weighted by Crippen LogP contribution is -2.53. The highest BCUT2D eigenvalue weighted by molar-refractivity contribution is 7.92. The fraction of sp³-hybridized carbons (Fsp3) is 0.500. The van der Waals surface area contributed by atoms with E-state index < -0.39 is 50.2 Å². The van der Waals surface area contributed by atoms with Gasteiger partial charge in [0, 0.05) is 12.5 Å². The average molecular weight is 550 g/mol. The number of carbonyl (C=O) groups is 2. The number of nitrogens with zero attached hydrogens (tertiary/aromatic N) is 1. The number of benzene rings is 2. The van der Waals surface area contributed by atoms with Crippen molar-refractivity contribution >= 4 is 21.7 Å². The van der Waals surface area contributed by atoms with E-state index in [0.29, 0.717) is 36.8 Å². The number of hydrogen-bond acceptors (Lipinski definition) is 4. The minimum Gasteiger partial charge on any atom is -0.481 e. The Morgan fingerprint density at radius 2 is 1.61 bits per heavy atom. The predicted octanol–water partition coefficient (Wildman–Crippen LogP) is 5.12. The smallest absolute Gasteiger partial charge is 0.416 e. The molecule has 1 saturated carbocycles. The molecule has 1 amide bonds. The van der Waals surface area contributed by atoms with Crippen molar-refractivity contribution in [1.29, 1.82) is 0 Å². The first kappa shape index (κ1) is 26.7. The molecule has 2 fully saturated rings. The Morgan fingerprint density at radius 3 is 2.21 bits per heavy atom. The molecule has 2 atom stereocenters. The summed E-state index contributed by atoms with van der Waals surface area (Å²) in [6.45, 7) is 2.01. The highest BCUT2D eigenvalue weighted by atomic mass is 32.2. The van der Waals surface area contributed by atoms with E-state index in [2.05, 4.69) is 0 Å². The molecule has 0 spiro atoms. The molecule has 38 heavy (non-hydrogen) atoms. The monoisotopic (exact) mass is 549 g/mol. The number of fused-ring (bicyclic) bond motifs is 3. The van der Waals surface area contributed by atoms with Crippen LogP contribution in [0.3, 0.4) is 0 Å². The molecule has 10 heteroatoms. The Labute approximate surface area is 219 Å². The second-order valence-corrected chi connectivity index (χ2v) is 13.0. The zero-order valence-electron chi connectivity index (χ0n) is 21.0. The number of hydrogen-bond donors (Lipinski definition) is 1. The first-order valence-electron chi connectivity index (χ1n) is 12.9. The number of likely N-dealkylation sites (tertiary alicyclic amines) is 1. The van der Waals surface area contributed by atoms with Gasteiger partial charge in [0.1, 0.15) is 4.75 Å². The summed E-state index contributed by atoms with van der Waals surface area (Å²) in [5, 5.41) is 9.31. The zero-order chi connectivity index (χ0) is 27.5. The normalized spacial score (nSPS) is 27.5. The molecule has 1 heterocycles. The van der Waals surface area contributed by atoms with Gasteiger partial charge in [-0.25, -0.2) is 8.42 Å². The lowest BCUT2D eigenvalue weighted by atomic mass is 9.77. The third kappa shape index (κ3) is 4.21. The number of carbonyl (C=O) groups excluding carboxylic acids is 1. The Kier molecular flexibility index (Phi) is 6.60. The summed E-state index contributed by atoms with van der Waals surface area (Å²) in [7, 11) is -4.11. The van der Waals surface area contributed by atoms with Crippen molar-refractivity contribution in [1.82, 2.24) is 4.90 Å². The molecule has 0 radical (unpaired) electrons. The number of amides is 1. The number of aryl methyl sites for hydroxylation is 2. The summed E-state index contributed by atoms with van der Waals surface area (Å²) in [5.74, 6) is -1.93. The van der Waals surface area contributed by atoms with Crippen LogP contribution < -0.4 is 0 Å². The van der Waals surface area contributed by atoms with Gasteiger partial charge in [-0.3, -0.25) is 9.59 Å². The van der Waals surface area contributed by atoms with E-state index >= 15 is 0 Å². The topological polar surface area (TPSA) is 91.8 Å². The van der Waals surface area contributed by atoms with E-state index in [1.807, 2.05) is 6.92 Å². The van der Waals surface area contributed by atoms with Crippen LogP contribution in [0.1, 0.15) is 60.8 Å². The molecule has 3 aliphatic rings. The third-order valence-electron chi connectivity index (χ3n) is 8.73. The number of rotatable bonds is 4. The molecule has 2 unspecified atom stereocenters. The number of alkyl halides is 3. The maximum Gasteiger partial charge on any atom is 0.416 e. The summed E-state index contributed by atoms with van der Waals surface area (Å²) in [4.78, 5) is 26.8. The van der Waals surface area contributed by atoms with Gasteiger partial charge in [-0.2, -0.15) is 13.2 Å². The molecule has 1 saturated heterocycles. The first-order chi connectivity index (χ1) is 17.9. The Bertz CT molecular complexity index is 1360. The van der Waals surface area contributed by atoms with Crippen LogP contribution in [-0.4, -0.2) is 42.9 Å². The SMILES string of the molecule is Cc1ccc(S(=O)(=O)C23CCN(C(=O)C4CCC(C(=O)O)CC4)C2CCc2cc(C(F)(F)F)ccc23)cc1. The van der Waals surface area contributed by atoms with E-state index in [4.69, 9.17) is 0 Å². The molecule has 204 valence electrons. The maximum atomic E-state index is 14.4. The number of aliphatic carboxylic acids is 1. The maximum absolute atomic E-state index is 14.4. The number of carboxylic acid groups (broad SMARTS) is 1. The summed E-state index contributed by atoms with van der Waals surface area (Å²) in [5.41, 5.74) is 0.742. The lowest BCUT2D eigenvalue weighted by molar-refractivity contribution is -0.146. The summed E-state index contributed by atoms with van der Waals surface area (Å²) in [6, 6.07) is 8.98. The van der Waals surface area contributed by atoms with E-state index in [-0.39, 0.29) is 36.6 Å². The molecular formula is C28H30F3NO5S. The zero-order valence-corrected chi connectivity index (χ0v) is 21.8. The van der Waals surface area contributed by atoms with Crippen molar-refractivity contribution in [3.8, 4) is 0 Å². The largest absolute Gasteiger partial charge is 0.481 e. The van der Waals surface area contributed by atoms with Gasteiger partial charge in [0.25, 0.3) is 0 Å².